The van der Waals surface area contributed by atoms with Gasteiger partial charge in [-0.2, -0.15) is 5.10 Å². The van der Waals surface area contributed by atoms with Gasteiger partial charge in [0.25, 0.3) is 5.91 Å². The summed E-state index contributed by atoms with van der Waals surface area (Å²) in [5, 5.41) is 35.7. The fraction of sp³-hybridized carbons (Fsp3) is 0.172. The van der Waals surface area contributed by atoms with E-state index in [1.165, 1.54) is 12.1 Å². The smallest absolute Gasteiger partial charge is 0.354 e. The third-order valence-corrected chi connectivity index (χ3v) is 6.38. The van der Waals surface area contributed by atoms with Crippen molar-refractivity contribution in [3.05, 3.63) is 112 Å². The first-order valence-corrected chi connectivity index (χ1v) is 12.6. The number of aliphatic hydroxyl groups excluding tert-OH is 1. The van der Waals surface area contributed by atoms with Crippen LogP contribution in [0, 0.1) is 5.82 Å². The van der Waals surface area contributed by atoms with Gasteiger partial charge in [-0.3, -0.25) is 9.48 Å². The lowest BCUT2D eigenvalue weighted by Crippen LogP contribution is -2.40. The molecule has 3 aromatic carbocycles. The van der Waals surface area contributed by atoms with Crippen LogP contribution in [-0.2, 0) is 17.8 Å². The molecule has 0 aliphatic heterocycles. The predicted octanol–water partition coefficient (Wildman–Crippen LogP) is 4.27. The molecule has 0 saturated carbocycles. The van der Waals surface area contributed by atoms with Gasteiger partial charge in [-0.25, -0.2) is 14.0 Å². The molecule has 4 aromatic rings. The first-order chi connectivity index (χ1) is 19.1. The van der Waals surface area contributed by atoms with Crippen molar-refractivity contribution in [2.75, 3.05) is 0 Å². The predicted molar refractivity (Wildman–Crippen MR) is 145 cm³/mol. The highest BCUT2D eigenvalue weighted by molar-refractivity contribution is 6.30. The number of hydrogen-bond donors (Lipinski definition) is 4. The van der Waals surface area contributed by atoms with Gasteiger partial charge in [-0.15, -0.1) is 0 Å². The summed E-state index contributed by atoms with van der Waals surface area (Å²) in [6.07, 6.45) is -1.84. The topological polar surface area (TPSA) is 142 Å². The second-order valence-electron chi connectivity index (χ2n) is 9.18. The third-order valence-electron chi connectivity index (χ3n) is 6.16. The molecule has 1 amide bonds. The molecule has 0 saturated heterocycles. The number of carbonyl (C=O) groups is 3. The molecule has 206 valence electrons. The molecule has 0 fully saturated rings. The lowest BCUT2D eigenvalue weighted by atomic mass is 9.97. The van der Waals surface area contributed by atoms with Crippen LogP contribution in [-0.4, -0.2) is 55.1 Å². The number of aliphatic hydroxyl groups is 1. The number of nitrogens with one attached hydrogen (secondary N) is 1. The van der Waals surface area contributed by atoms with E-state index in [4.69, 9.17) is 11.6 Å². The van der Waals surface area contributed by atoms with E-state index in [1.54, 1.807) is 0 Å². The Labute approximate surface area is 233 Å². The number of carboxylic acid groups (broad SMARTS) is 2. The molecule has 0 radical (unpaired) electrons. The molecule has 1 unspecified atom stereocenters. The zero-order valence-corrected chi connectivity index (χ0v) is 21.8. The molecule has 40 heavy (non-hydrogen) atoms. The van der Waals surface area contributed by atoms with E-state index < -0.39 is 35.8 Å². The van der Waals surface area contributed by atoms with Gasteiger partial charge in [-0.05, 0) is 46.9 Å². The van der Waals surface area contributed by atoms with E-state index in [-0.39, 0.29) is 35.8 Å². The van der Waals surface area contributed by atoms with Crippen molar-refractivity contribution < 1.29 is 34.1 Å². The first kappa shape index (κ1) is 28.5. The summed E-state index contributed by atoms with van der Waals surface area (Å²) in [6.45, 7) is -0.165. The van der Waals surface area contributed by atoms with Crippen molar-refractivity contribution in [1.82, 2.24) is 15.1 Å². The Morgan fingerprint density at radius 2 is 1.60 bits per heavy atom. The number of rotatable bonds is 11. The zero-order valence-electron chi connectivity index (χ0n) is 21.0. The molecule has 2 atom stereocenters. The maximum atomic E-state index is 13.8. The number of hydrogen-bond acceptors (Lipinski definition) is 5. The summed E-state index contributed by atoms with van der Waals surface area (Å²) in [7, 11) is 0. The third kappa shape index (κ3) is 7.31. The van der Waals surface area contributed by atoms with Gasteiger partial charge in [0.15, 0.2) is 11.8 Å². The minimum absolute atomic E-state index is 0.119. The lowest BCUT2D eigenvalue weighted by Gasteiger charge is -2.20. The van der Waals surface area contributed by atoms with E-state index in [1.807, 2.05) is 54.6 Å². The van der Waals surface area contributed by atoms with Crippen LogP contribution in [0.25, 0.3) is 11.1 Å². The number of halogens is 2. The van der Waals surface area contributed by atoms with Gasteiger partial charge in [-0.1, -0.05) is 66.2 Å². The fourth-order valence-corrected chi connectivity index (χ4v) is 4.51. The molecule has 1 heterocycles. The van der Waals surface area contributed by atoms with Crippen molar-refractivity contribution in [2.45, 2.75) is 31.5 Å². The van der Waals surface area contributed by atoms with Crippen molar-refractivity contribution >= 4 is 29.4 Å². The molecular weight excluding hydrogens is 541 g/mol. The van der Waals surface area contributed by atoms with Crippen molar-refractivity contribution in [3.63, 3.8) is 0 Å². The van der Waals surface area contributed by atoms with Crippen molar-refractivity contribution in [1.29, 1.82) is 0 Å². The van der Waals surface area contributed by atoms with Gasteiger partial charge in [0, 0.05) is 23.6 Å². The van der Waals surface area contributed by atoms with Crippen molar-refractivity contribution in [3.8, 4) is 11.1 Å². The minimum Gasteiger partial charge on any atom is -0.479 e. The van der Waals surface area contributed by atoms with E-state index >= 15 is 0 Å². The second-order valence-corrected chi connectivity index (χ2v) is 9.62. The largest absolute Gasteiger partial charge is 0.479 e. The molecular formula is C29H25ClFN3O6. The Kier molecular flexibility index (Phi) is 8.93. The fourth-order valence-electron chi connectivity index (χ4n) is 4.27. The molecule has 4 N–H and O–H groups in total. The number of nitrogens with zero attached hydrogens (tertiary/aromatic N) is 2. The number of benzene rings is 3. The summed E-state index contributed by atoms with van der Waals surface area (Å²) in [6, 6.07) is 21.2. The van der Waals surface area contributed by atoms with Crippen LogP contribution in [0.2, 0.25) is 5.02 Å². The van der Waals surface area contributed by atoms with Gasteiger partial charge in [0.1, 0.15) is 11.5 Å². The summed E-state index contributed by atoms with van der Waals surface area (Å²) in [5.41, 5.74) is 2.55. The van der Waals surface area contributed by atoms with Gasteiger partial charge < -0.3 is 20.6 Å². The molecule has 9 nitrogen and oxygen atoms in total. The van der Waals surface area contributed by atoms with E-state index in [0.717, 1.165) is 33.5 Å². The summed E-state index contributed by atoms with van der Waals surface area (Å²) in [4.78, 5) is 36.2. The van der Waals surface area contributed by atoms with Gasteiger partial charge in [0.2, 0.25) is 0 Å². The van der Waals surface area contributed by atoms with Crippen molar-refractivity contribution in [2.24, 2.45) is 0 Å². The van der Waals surface area contributed by atoms with Crippen LogP contribution < -0.4 is 5.32 Å². The number of aliphatic carboxylic acids is 1. The normalized spacial score (nSPS) is 12.5. The lowest BCUT2D eigenvalue weighted by molar-refractivity contribution is -0.147. The minimum atomic E-state index is -1.74. The van der Waals surface area contributed by atoms with Crippen LogP contribution in [0.15, 0.2) is 78.9 Å². The van der Waals surface area contributed by atoms with Gasteiger partial charge in [0.05, 0.1) is 6.54 Å². The highest BCUT2D eigenvalue weighted by atomic mass is 35.5. The molecule has 0 aliphatic carbocycles. The second kappa shape index (κ2) is 12.5. The summed E-state index contributed by atoms with van der Waals surface area (Å²) in [5.74, 6) is -4.17. The molecule has 0 spiro atoms. The Morgan fingerprint density at radius 1 is 0.925 bits per heavy atom. The number of carbonyl (C=O) groups excluding carboxylic acids is 1. The quantitative estimate of drug-likeness (QED) is 0.213. The molecule has 0 bridgehead atoms. The average molecular weight is 566 g/mol. The standard InChI is InChI=1S/C29H25ClFN3O6/c30-21-10-18(11-22(31)13-21)16-34-25(28(37)38)15-24(33-34)27(36)32-23(14-26(35)29(39)40)12-17-6-8-20(9-7-17)19-4-2-1-3-5-19/h1-11,13,15,23,26,35H,12,14,16H2,(H,32,36)(H,37,38)(H,39,40)/t23-,26?/m1/s1. The molecule has 1 aromatic heterocycles. The van der Waals surface area contributed by atoms with E-state index in [0.29, 0.717) is 5.56 Å². The summed E-state index contributed by atoms with van der Waals surface area (Å²) < 4.78 is 14.8. The van der Waals surface area contributed by atoms with Crippen LogP contribution in [0.3, 0.4) is 0 Å². The van der Waals surface area contributed by atoms with Crippen LogP contribution in [0.4, 0.5) is 4.39 Å². The average Bonchev–Trinajstić information content (AvgIpc) is 3.33. The van der Waals surface area contributed by atoms with E-state index in [2.05, 4.69) is 10.4 Å². The number of aromatic carboxylic acids is 1. The Balaban J connectivity index is 1.54. The summed E-state index contributed by atoms with van der Waals surface area (Å²) >= 11 is 5.89. The maximum absolute atomic E-state index is 13.8. The number of amides is 1. The molecule has 11 heteroatoms. The highest BCUT2D eigenvalue weighted by Crippen LogP contribution is 2.21. The Morgan fingerprint density at radius 3 is 2.23 bits per heavy atom. The monoisotopic (exact) mass is 565 g/mol. The first-order valence-electron chi connectivity index (χ1n) is 12.2. The zero-order chi connectivity index (χ0) is 28.8. The molecule has 4 rings (SSSR count). The number of carboxylic acids is 2. The van der Waals surface area contributed by atoms with Crippen LogP contribution in [0.1, 0.15) is 38.5 Å². The van der Waals surface area contributed by atoms with Crippen LogP contribution >= 0.6 is 11.6 Å². The SMILES string of the molecule is O=C(N[C@H](Cc1ccc(-c2ccccc2)cc1)CC(O)C(=O)O)c1cc(C(=O)O)n(Cc2cc(F)cc(Cl)c2)n1. The van der Waals surface area contributed by atoms with Crippen LogP contribution in [0.5, 0.6) is 0 Å². The van der Waals surface area contributed by atoms with E-state index in [9.17, 15) is 34.1 Å². The van der Waals surface area contributed by atoms with Gasteiger partial charge >= 0.3 is 11.9 Å². The Bertz CT molecular complexity index is 1500. The Hall–Kier alpha value is -4.54. The molecule has 0 aliphatic rings. The maximum Gasteiger partial charge on any atom is 0.354 e. The highest BCUT2D eigenvalue weighted by Gasteiger charge is 2.25. The number of aromatic nitrogens is 2.